The Balaban J connectivity index is 2.99. The molecule has 0 saturated heterocycles. The molecule has 1 aromatic rings. The normalized spacial score (nSPS) is 11.0. The van der Waals surface area contributed by atoms with Crippen molar-refractivity contribution in [1.29, 1.82) is 0 Å². The third-order valence-corrected chi connectivity index (χ3v) is 1.65. The van der Waals surface area contributed by atoms with Gasteiger partial charge in [0.2, 0.25) is 6.54 Å². The van der Waals surface area contributed by atoms with Gasteiger partial charge in [0.1, 0.15) is 5.69 Å². The third kappa shape index (κ3) is 2.46. The standard InChI is InChI=1S/C9H7F3N2/c1-13-6-4-7-3-2-5-14-8(7)9(10,11)12/h2-3,5H,4,6H2. The number of hydrogen-bond acceptors (Lipinski definition) is 1. The number of aromatic nitrogens is 1. The van der Waals surface area contributed by atoms with Gasteiger partial charge in [-0.1, -0.05) is 6.07 Å². The molecule has 0 bridgehead atoms. The van der Waals surface area contributed by atoms with Crippen molar-refractivity contribution < 1.29 is 13.2 Å². The van der Waals surface area contributed by atoms with Gasteiger partial charge >= 0.3 is 6.18 Å². The highest BCUT2D eigenvalue weighted by molar-refractivity contribution is 5.22. The van der Waals surface area contributed by atoms with Gasteiger partial charge in [-0.25, -0.2) is 6.57 Å². The fraction of sp³-hybridized carbons (Fsp3) is 0.333. The van der Waals surface area contributed by atoms with E-state index in [9.17, 15) is 13.2 Å². The first-order valence-corrected chi connectivity index (χ1v) is 3.90. The Morgan fingerprint density at radius 1 is 1.43 bits per heavy atom. The van der Waals surface area contributed by atoms with Crippen LogP contribution in [-0.4, -0.2) is 11.5 Å². The first-order valence-electron chi connectivity index (χ1n) is 3.90. The Kier molecular flexibility index (Phi) is 3.07. The summed E-state index contributed by atoms with van der Waals surface area (Å²) in [5.41, 5.74) is -0.806. The first-order chi connectivity index (χ1) is 6.55. The molecule has 0 aliphatic rings. The van der Waals surface area contributed by atoms with E-state index < -0.39 is 11.9 Å². The van der Waals surface area contributed by atoms with Crippen LogP contribution >= 0.6 is 0 Å². The molecule has 2 nitrogen and oxygen atoms in total. The molecule has 74 valence electrons. The summed E-state index contributed by atoms with van der Waals surface area (Å²) < 4.78 is 37.0. The van der Waals surface area contributed by atoms with Crippen molar-refractivity contribution in [3.63, 3.8) is 0 Å². The van der Waals surface area contributed by atoms with Gasteiger partial charge in [-0.2, -0.15) is 13.2 Å². The predicted octanol–water partition coefficient (Wildman–Crippen LogP) is 2.56. The van der Waals surface area contributed by atoms with Crippen LogP contribution in [-0.2, 0) is 12.6 Å². The fourth-order valence-corrected chi connectivity index (χ4v) is 1.07. The minimum absolute atomic E-state index is 0.0504. The van der Waals surface area contributed by atoms with Crippen LogP contribution in [0.2, 0.25) is 0 Å². The summed E-state index contributed by atoms with van der Waals surface area (Å²) in [5.74, 6) is 0. The summed E-state index contributed by atoms with van der Waals surface area (Å²) in [4.78, 5) is 6.28. The van der Waals surface area contributed by atoms with Gasteiger partial charge in [0, 0.05) is 12.6 Å². The lowest BCUT2D eigenvalue weighted by molar-refractivity contribution is -0.141. The lowest BCUT2D eigenvalue weighted by atomic mass is 10.1. The predicted molar refractivity (Wildman–Crippen MR) is 44.4 cm³/mol. The highest BCUT2D eigenvalue weighted by atomic mass is 19.4. The van der Waals surface area contributed by atoms with Crippen molar-refractivity contribution in [2.75, 3.05) is 6.54 Å². The molecular weight excluding hydrogens is 193 g/mol. The topological polar surface area (TPSA) is 17.2 Å². The van der Waals surface area contributed by atoms with E-state index in [-0.39, 0.29) is 18.5 Å². The number of hydrogen-bond donors (Lipinski definition) is 0. The molecule has 0 N–H and O–H groups in total. The SMILES string of the molecule is [C-]#[N+]CCc1cccnc1C(F)(F)F. The van der Waals surface area contributed by atoms with Crippen LogP contribution in [0, 0.1) is 6.57 Å². The van der Waals surface area contributed by atoms with Crippen LogP contribution in [0.3, 0.4) is 0 Å². The van der Waals surface area contributed by atoms with E-state index >= 15 is 0 Å². The van der Waals surface area contributed by atoms with Crippen LogP contribution in [0.25, 0.3) is 4.85 Å². The van der Waals surface area contributed by atoms with E-state index in [1.807, 2.05) is 0 Å². The Labute approximate surface area is 79.2 Å². The summed E-state index contributed by atoms with van der Waals surface area (Å²) in [6, 6.07) is 2.79. The van der Waals surface area contributed by atoms with E-state index in [2.05, 4.69) is 9.83 Å². The van der Waals surface area contributed by atoms with Crippen LogP contribution in [0.5, 0.6) is 0 Å². The fourth-order valence-electron chi connectivity index (χ4n) is 1.07. The molecule has 0 aliphatic carbocycles. The van der Waals surface area contributed by atoms with Gasteiger partial charge in [0.05, 0.1) is 0 Å². The number of rotatable bonds is 2. The molecule has 0 amide bonds. The zero-order valence-corrected chi connectivity index (χ0v) is 7.17. The molecule has 1 heterocycles. The number of nitrogens with zero attached hydrogens (tertiary/aromatic N) is 2. The highest BCUT2D eigenvalue weighted by Crippen LogP contribution is 2.30. The van der Waals surface area contributed by atoms with Crippen molar-refractivity contribution in [3.8, 4) is 0 Å². The summed E-state index contributed by atoms with van der Waals surface area (Å²) >= 11 is 0. The third-order valence-electron chi connectivity index (χ3n) is 1.65. The largest absolute Gasteiger partial charge is 0.433 e. The molecule has 0 spiro atoms. The quantitative estimate of drug-likeness (QED) is 0.670. The first kappa shape index (κ1) is 10.5. The molecule has 1 aromatic heterocycles. The lowest BCUT2D eigenvalue weighted by Crippen LogP contribution is -2.12. The van der Waals surface area contributed by atoms with Crippen molar-refractivity contribution >= 4 is 0 Å². The van der Waals surface area contributed by atoms with Crippen molar-refractivity contribution in [2.24, 2.45) is 0 Å². The van der Waals surface area contributed by atoms with E-state index in [1.165, 1.54) is 12.1 Å². The van der Waals surface area contributed by atoms with E-state index in [0.717, 1.165) is 6.20 Å². The molecule has 0 unspecified atom stereocenters. The van der Waals surface area contributed by atoms with Crippen LogP contribution in [0.1, 0.15) is 11.3 Å². The maximum absolute atomic E-state index is 12.3. The summed E-state index contributed by atoms with van der Waals surface area (Å²) in [6.45, 7) is 6.55. The van der Waals surface area contributed by atoms with Crippen molar-refractivity contribution in [2.45, 2.75) is 12.6 Å². The molecule has 0 aliphatic heterocycles. The highest BCUT2D eigenvalue weighted by Gasteiger charge is 2.34. The number of halogens is 3. The van der Waals surface area contributed by atoms with E-state index in [0.29, 0.717) is 0 Å². The minimum Gasteiger partial charge on any atom is -0.317 e. The number of pyridine rings is 1. The molecule has 5 heteroatoms. The Bertz CT molecular complexity index is 352. The molecule has 0 saturated carbocycles. The van der Waals surface area contributed by atoms with E-state index in [4.69, 9.17) is 6.57 Å². The second kappa shape index (κ2) is 4.09. The van der Waals surface area contributed by atoms with Gasteiger partial charge in [-0.3, -0.25) is 4.98 Å². The monoisotopic (exact) mass is 200 g/mol. The minimum atomic E-state index is -4.43. The number of alkyl halides is 3. The molecule has 0 radical (unpaired) electrons. The Morgan fingerprint density at radius 3 is 2.71 bits per heavy atom. The molecular formula is C9H7F3N2. The molecule has 0 fully saturated rings. The van der Waals surface area contributed by atoms with Gasteiger partial charge in [0.25, 0.3) is 0 Å². The smallest absolute Gasteiger partial charge is 0.317 e. The molecule has 0 aromatic carbocycles. The van der Waals surface area contributed by atoms with Crippen molar-refractivity contribution in [3.05, 3.63) is 41.0 Å². The summed E-state index contributed by atoms with van der Waals surface area (Å²) in [6.07, 6.45) is -3.24. The average molecular weight is 200 g/mol. The Morgan fingerprint density at radius 2 is 2.14 bits per heavy atom. The summed E-state index contributed by atoms with van der Waals surface area (Å²) in [5, 5.41) is 0. The maximum Gasteiger partial charge on any atom is 0.433 e. The molecule has 14 heavy (non-hydrogen) atoms. The average Bonchev–Trinajstić information content (AvgIpc) is 2.14. The molecule has 1 rings (SSSR count). The van der Waals surface area contributed by atoms with Gasteiger partial charge in [-0.15, -0.1) is 0 Å². The zero-order chi connectivity index (χ0) is 10.6. The van der Waals surface area contributed by atoms with Gasteiger partial charge in [-0.05, 0) is 11.6 Å². The molecule has 0 atom stereocenters. The second-order valence-corrected chi connectivity index (χ2v) is 2.64. The van der Waals surface area contributed by atoms with Gasteiger partial charge in [0.15, 0.2) is 0 Å². The van der Waals surface area contributed by atoms with Crippen LogP contribution < -0.4 is 0 Å². The van der Waals surface area contributed by atoms with E-state index in [1.54, 1.807) is 0 Å². The Hall–Kier alpha value is -1.57. The van der Waals surface area contributed by atoms with Crippen LogP contribution in [0.4, 0.5) is 13.2 Å². The van der Waals surface area contributed by atoms with Crippen LogP contribution in [0.15, 0.2) is 18.3 Å². The van der Waals surface area contributed by atoms with Gasteiger partial charge < -0.3 is 4.85 Å². The lowest BCUT2D eigenvalue weighted by Gasteiger charge is -2.08. The van der Waals surface area contributed by atoms with Crippen molar-refractivity contribution in [1.82, 2.24) is 4.98 Å². The second-order valence-electron chi connectivity index (χ2n) is 2.64. The summed E-state index contributed by atoms with van der Waals surface area (Å²) in [7, 11) is 0. The zero-order valence-electron chi connectivity index (χ0n) is 7.17. The maximum atomic E-state index is 12.3.